The van der Waals surface area contributed by atoms with Crippen molar-refractivity contribution in [2.75, 3.05) is 19.5 Å². The van der Waals surface area contributed by atoms with Crippen LogP contribution in [0.1, 0.15) is 10.4 Å². The molecule has 2 rings (SSSR count). The van der Waals surface area contributed by atoms with Crippen molar-refractivity contribution in [3.63, 3.8) is 0 Å². The molecule has 4 nitrogen and oxygen atoms in total. The molecule has 1 N–H and O–H groups in total. The maximum Gasteiger partial charge on any atom is 0.248 e. The zero-order chi connectivity index (χ0) is 15.2. The minimum absolute atomic E-state index is 0.203. The second-order valence-corrected chi connectivity index (χ2v) is 5.30. The lowest BCUT2D eigenvalue weighted by Crippen LogP contribution is -2.08. The quantitative estimate of drug-likeness (QED) is 0.856. The predicted molar refractivity (Wildman–Crippen MR) is 86.3 cm³/mol. The minimum atomic E-state index is -0.203. The van der Waals surface area contributed by atoms with Crippen molar-refractivity contribution in [3.05, 3.63) is 46.2 Å². The molecule has 5 heteroatoms. The first kappa shape index (κ1) is 15.1. The Morgan fingerprint density at radius 2 is 2.05 bits per heavy atom. The van der Waals surface area contributed by atoms with Crippen LogP contribution in [0.4, 0.5) is 5.69 Å². The third-order valence-electron chi connectivity index (χ3n) is 2.95. The third kappa shape index (κ3) is 3.86. The Bertz CT molecular complexity index is 661. The van der Waals surface area contributed by atoms with Gasteiger partial charge in [0.15, 0.2) is 0 Å². The summed E-state index contributed by atoms with van der Waals surface area (Å²) in [5.41, 5.74) is 1.77. The number of hydrogen-bond donors (Lipinski definition) is 1. The highest BCUT2D eigenvalue weighted by molar-refractivity contribution is 7.11. The summed E-state index contributed by atoms with van der Waals surface area (Å²) in [5, 5.41) is 4.79. The van der Waals surface area contributed by atoms with Crippen LogP contribution in [-0.4, -0.2) is 20.1 Å². The van der Waals surface area contributed by atoms with Gasteiger partial charge in [-0.1, -0.05) is 0 Å². The van der Waals surface area contributed by atoms with Gasteiger partial charge in [-0.3, -0.25) is 4.79 Å². The molecule has 1 amide bonds. The standard InChI is InChI=1S/C16H17NO3S/c1-11-8-9-21-15(11)6-7-16(18)17-13-5-4-12(19-2)10-14(13)20-3/h4-10H,1-3H3,(H,17,18)/b7-6+. The lowest BCUT2D eigenvalue weighted by atomic mass is 10.2. The number of anilines is 1. The Labute approximate surface area is 128 Å². The highest BCUT2D eigenvalue weighted by Crippen LogP contribution is 2.29. The molecule has 0 radical (unpaired) electrons. The van der Waals surface area contributed by atoms with E-state index < -0.39 is 0 Å². The van der Waals surface area contributed by atoms with Gasteiger partial charge in [-0.05, 0) is 42.1 Å². The average Bonchev–Trinajstić information content (AvgIpc) is 2.91. The Hall–Kier alpha value is -2.27. The van der Waals surface area contributed by atoms with Crippen molar-refractivity contribution in [2.24, 2.45) is 0 Å². The fourth-order valence-corrected chi connectivity index (χ4v) is 2.60. The highest BCUT2D eigenvalue weighted by atomic mass is 32.1. The Morgan fingerprint density at radius 1 is 1.24 bits per heavy atom. The Morgan fingerprint density at radius 3 is 2.67 bits per heavy atom. The maximum atomic E-state index is 12.0. The van der Waals surface area contributed by atoms with Crippen LogP contribution in [0.3, 0.4) is 0 Å². The van der Waals surface area contributed by atoms with E-state index in [0.717, 1.165) is 10.4 Å². The molecule has 0 fully saturated rings. The molecule has 21 heavy (non-hydrogen) atoms. The van der Waals surface area contributed by atoms with Gasteiger partial charge in [0.2, 0.25) is 5.91 Å². The maximum absolute atomic E-state index is 12.0. The fraction of sp³-hybridized carbons (Fsp3) is 0.188. The fourth-order valence-electron chi connectivity index (χ4n) is 1.78. The molecule has 0 aliphatic heterocycles. The van der Waals surface area contributed by atoms with Crippen LogP contribution < -0.4 is 14.8 Å². The van der Waals surface area contributed by atoms with E-state index in [1.54, 1.807) is 43.8 Å². The number of carbonyl (C=O) groups excluding carboxylic acids is 1. The lowest BCUT2D eigenvalue weighted by molar-refractivity contribution is -0.111. The number of amides is 1. The number of benzene rings is 1. The summed E-state index contributed by atoms with van der Waals surface area (Å²) < 4.78 is 10.4. The van der Waals surface area contributed by atoms with Crippen molar-refractivity contribution < 1.29 is 14.3 Å². The van der Waals surface area contributed by atoms with Gasteiger partial charge in [0.1, 0.15) is 11.5 Å². The predicted octanol–water partition coefficient (Wildman–Crippen LogP) is 3.73. The molecule has 0 bridgehead atoms. The van der Waals surface area contributed by atoms with Crippen molar-refractivity contribution >= 4 is 29.0 Å². The van der Waals surface area contributed by atoms with Crippen LogP contribution in [-0.2, 0) is 4.79 Å². The number of ether oxygens (including phenoxy) is 2. The van der Waals surface area contributed by atoms with Gasteiger partial charge in [-0.2, -0.15) is 0 Å². The summed E-state index contributed by atoms with van der Waals surface area (Å²) in [4.78, 5) is 13.0. The smallest absolute Gasteiger partial charge is 0.248 e. The molecule has 0 saturated heterocycles. The van der Waals surface area contributed by atoms with Crippen LogP contribution in [0.15, 0.2) is 35.7 Å². The van der Waals surface area contributed by atoms with Crippen LogP contribution >= 0.6 is 11.3 Å². The van der Waals surface area contributed by atoms with E-state index in [2.05, 4.69) is 5.32 Å². The van der Waals surface area contributed by atoms with Gasteiger partial charge in [-0.15, -0.1) is 11.3 Å². The van der Waals surface area contributed by atoms with Crippen molar-refractivity contribution in [2.45, 2.75) is 6.92 Å². The van der Waals surface area contributed by atoms with Gasteiger partial charge < -0.3 is 14.8 Å². The number of carbonyl (C=O) groups is 1. The van der Waals surface area contributed by atoms with Crippen LogP contribution in [0, 0.1) is 6.92 Å². The van der Waals surface area contributed by atoms with Crippen molar-refractivity contribution in [3.8, 4) is 11.5 Å². The van der Waals surface area contributed by atoms with Gasteiger partial charge in [0, 0.05) is 17.0 Å². The molecule has 1 aromatic carbocycles. The molecule has 0 spiro atoms. The van der Waals surface area contributed by atoms with Crippen LogP contribution in [0.2, 0.25) is 0 Å². The van der Waals surface area contributed by atoms with E-state index in [1.165, 1.54) is 6.08 Å². The average molecular weight is 303 g/mol. The first-order valence-corrected chi connectivity index (χ1v) is 7.27. The second-order valence-electron chi connectivity index (χ2n) is 4.36. The third-order valence-corrected chi connectivity index (χ3v) is 3.94. The zero-order valence-electron chi connectivity index (χ0n) is 12.2. The summed E-state index contributed by atoms with van der Waals surface area (Å²) in [7, 11) is 3.13. The normalized spacial score (nSPS) is 10.6. The highest BCUT2D eigenvalue weighted by Gasteiger charge is 2.07. The van der Waals surface area contributed by atoms with E-state index in [4.69, 9.17) is 9.47 Å². The first-order chi connectivity index (χ1) is 10.1. The Kier molecular flexibility index (Phi) is 5.00. The zero-order valence-corrected chi connectivity index (χ0v) is 13.0. The van der Waals surface area contributed by atoms with E-state index in [-0.39, 0.29) is 5.91 Å². The van der Waals surface area contributed by atoms with Crippen LogP contribution in [0.25, 0.3) is 6.08 Å². The molecule has 1 aromatic heterocycles. The topological polar surface area (TPSA) is 47.6 Å². The van der Waals surface area contributed by atoms with Crippen molar-refractivity contribution in [1.82, 2.24) is 0 Å². The summed E-state index contributed by atoms with van der Waals surface area (Å²) in [6, 6.07) is 7.27. The molecule has 1 heterocycles. The molecule has 0 saturated carbocycles. The molecule has 2 aromatic rings. The first-order valence-electron chi connectivity index (χ1n) is 6.39. The molecule has 110 valence electrons. The summed E-state index contributed by atoms with van der Waals surface area (Å²) >= 11 is 1.60. The molecular weight excluding hydrogens is 286 g/mol. The van der Waals surface area contributed by atoms with Gasteiger partial charge in [0.05, 0.1) is 19.9 Å². The number of hydrogen-bond acceptors (Lipinski definition) is 4. The number of rotatable bonds is 5. The molecular formula is C16H17NO3S. The van der Waals surface area contributed by atoms with Crippen LogP contribution in [0.5, 0.6) is 11.5 Å². The van der Waals surface area contributed by atoms with Gasteiger partial charge in [0.25, 0.3) is 0 Å². The van der Waals surface area contributed by atoms with E-state index in [9.17, 15) is 4.79 Å². The van der Waals surface area contributed by atoms with E-state index in [1.807, 2.05) is 24.4 Å². The molecule has 0 aliphatic rings. The molecule has 0 atom stereocenters. The Balaban J connectivity index is 2.09. The second kappa shape index (κ2) is 6.95. The number of methoxy groups -OCH3 is 2. The SMILES string of the molecule is COc1ccc(NC(=O)/C=C/c2sccc2C)c(OC)c1. The van der Waals surface area contributed by atoms with E-state index >= 15 is 0 Å². The van der Waals surface area contributed by atoms with Gasteiger partial charge in [-0.25, -0.2) is 0 Å². The van der Waals surface area contributed by atoms with Crippen molar-refractivity contribution in [1.29, 1.82) is 0 Å². The monoisotopic (exact) mass is 303 g/mol. The summed E-state index contributed by atoms with van der Waals surface area (Å²) in [5.74, 6) is 1.03. The summed E-state index contributed by atoms with van der Waals surface area (Å²) in [6.07, 6.45) is 3.33. The lowest BCUT2D eigenvalue weighted by Gasteiger charge is -2.10. The van der Waals surface area contributed by atoms with E-state index in [0.29, 0.717) is 17.2 Å². The molecule has 0 unspecified atom stereocenters. The number of nitrogens with one attached hydrogen (secondary N) is 1. The largest absolute Gasteiger partial charge is 0.497 e. The van der Waals surface area contributed by atoms with Gasteiger partial charge >= 0.3 is 0 Å². The number of aryl methyl sites for hydroxylation is 1. The summed E-state index contributed by atoms with van der Waals surface area (Å²) in [6.45, 7) is 2.01. The number of thiophene rings is 1. The molecule has 0 aliphatic carbocycles. The minimum Gasteiger partial charge on any atom is -0.497 e.